The van der Waals surface area contributed by atoms with Crippen LogP contribution in [-0.2, 0) is 16.6 Å². The molecule has 7 heteroatoms. The van der Waals surface area contributed by atoms with Crippen molar-refractivity contribution < 1.29 is 17.9 Å². The maximum Gasteiger partial charge on any atom is 0.251 e. The van der Waals surface area contributed by atoms with Gasteiger partial charge in [0.1, 0.15) is 5.75 Å². The lowest BCUT2D eigenvalue weighted by Crippen LogP contribution is -2.30. The van der Waals surface area contributed by atoms with Gasteiger partial charge in [0.15, 0.2) is 0 Å². The Labute approximate surface area is 196 Å². The fraction of sp³-hybridized carbons (Fsp3) is 0.269. The summed E-state index contributed by atoms with van der Waals surface area (Å²) in [5.74, 6) is 0.595. The number of nitrogens with one attached hydrogen (secondary N) is 1. The number of methoxy groups -OCH3 is 1. The van der Waals surface area contributed by atoms with Crippen molar-refractivity contribution in [3.63, 3.8) is 0 Å². The number of anilines is 1. The Hall–Kier alpha value is -3.32. The number of ether oxygens (including phenoxy) is 1. The first-order chi connectivity index (χ1) is 15.7. The molecular weight excluding hydrogens is 436 g/mol. The van der Waals surface area contributed by atoms with Crippen molar-refractivity contribution in [1.82, 2.24) is 5.32 Å². The largest absolute Gasteiger partial charge is 0.496 e. The Morgan fingerprint density at radius 1 is 1.03 bits per heavy atom. The third-order valence-electron chi connectivity index (χ3n) is 5.52. The van der Waals surface area contributed by atoms with Crippen molar-refractivity contribution in [3.05, 3.63) is 95.1 Å². The van der Waals surface area contributed by atoms with Gasteiger partial charge in [-0.1, -0.05) is 49.4 Å². The van der Waals surface area contributed by atoms with E-state index < -0.39 is 10.0 Å². The smallest absolute Gasteiger partial charge is 0.251 e. The van der Waals surface area contributed by atoms with Gasteiger partial charge in [-0.3, -0.25) is 9.10 Å². The van der Waals surface area contributed by atoms with Crippen molar-refractivity contribution in [2.45, 2.75) is 32.9 Å². The van der Waals surface area contributed by atoms with Gasteiger partial charge < -0.3 is 10.1 Å². The number of carbonyl (C=O) groups excluding carboxylic acids is 1. The topological polar surface area (TPSA) is 75.7 Å². The standard InChI is InChI=1S/C26H30N2O4S/c1-5-24(22-13-16-25(32-3)19(2)17-22)27-26(29)21-11-14-23(15-12-21)28(33(4,30)31)18-20-9-7-6-8-10-20/h6-17,24H,5,18H2,1-4H3,(H,27,29)/t24-/m0/s1. The van der Waals surface area contributed by atoms with Crippen LogP contribution >= 0.6 is 0 Å². The second-order valence-electron chi connectivity index (χ2n) is 7.97. The molecule has 0 spiro atoms. The van der Waals surface area contributed by atoms with E-state index in [4.69, 9.17) is 4.74 Å². The monoisotopic (exact) mass is 466 g/mol. The summed E-state index contributed by atoms with van der Waals surface area (Å²) in [6.07, 6.45) is 1.91. The van der Waals surface area contributed by atoms with E-state index in [-0.39, 0.29) is 18.5 Å². The molecule has 0 saturated carbocycles. The van der Waals surface area contributed by atoms with E-state index in [1.165, 1.54) is 10.6 Å². The van der Waals surface area contributed by atoms with Gasteiger partial charge in [-0.2, -0.15) is 0 Å². The molecule has 0 aliphatic heterocycles. The first kappa shape index (κ1) is 24.3. The van der Waals surface area contributed by atoms with Crippen molar-refractivity contribution in [3.8, 4) is 5.75 Å². The predicted molar refractivity (Wildman–Crippen MR) is 132 cm³/mol. The van der Waals surface area contributed by atoms with Crippen molar-refractivity contribution >= 4 is 21.6 Å². The van der Waals surface area contributed by atoms with Gasteiger partial charge in [0.2, 0.25) is 10.0 Å². The van der Waals surface area contributed by atoms with E-state index in [1.54, 1.807) is 31.4 Å². The molecule has 33 heavy (non-hydrogen) atoms. The zero-order chi connectivity index (χ0) is 24.0. The van der Waals surface area contributed by atoms with Crippen LogP contribution in [0.15, 0.2) is 72.8 Å². The molecule has 0 unspecified atom stereocenters. The molecular formula is C26H30N2O4S. The van der Waals surface area contributed by atoms with Gasteiger partial charge in [0, 0.05) is 5.56 Å². The molecule has 0 aromatic heterocycles. The zero-order valence-electron chi connectivity index (χ0n) is 19.4. The molecule has 174 valence electrons. The molecule has 1 amide bonds. The summed E-state index contributed by atoms with van der Waals surface area (Å²) >= 11 is 0. The fourth-order valence-corrected chi connectivity index (χ4v) is 4.60. The Bertz CT molecular complexity index is 1190. The number of amides is 1. The second-order valence-corrected chi connectivity index (χ2v) is 9.87. The van der Waals surface area contributed by atoms with Gasteiger partial charge >= 0.3 is 0 Å². The summed E-state index contributed by atoms with van der Waals surface area (Å²) in [6.45, 7) is 4.21. The number of rotatable bonds is 9. The number of nitrogens with zero attached hydrogens (tertiary/aromatic N) is 1. The minimum Gasteiger partial charge on any atom is -0.496 e. The Kier molecular flexibility index (Phi) is 7.76. The van der Waals surface area contributed by atoms with E-state index in [0.717, 1.165) is 28.9 Å². The average molecular weight is 467 g/mol. The van der Waals surface area contributed by atoms with Crippen molar-refractivity contribution in [1.29, 1.82) is 0 Å². The third kappa shape index (κ3) is 6.14. The summed E-state index contributed by atoms with van der Waals surface area (Å²) in [5.41, 5.74) is 3.87. The van der Waals surface area contributed by atoms with E-state index in [1.807, 2.05) is 62.4 Å². The molecule has 0 aliphatic carbocycles. The van der Waals surface area contributed by atoms with E-state index >= 15 is 0 Å². The van der Waals surface area contributed by atoms with Gasteiger partial charge in [0.05, 0.1) is 31.6 Å². The molecule has 1 atom stereocenters. The maximum atomic E-state index is 12.9. The Balaban J connectivity index is 1.77. The molecule has 3 aromatic carbocycles. The predicted octanol–water partition coefficient (Wildman–Crippen LogP) is 4.85. The molecule has 3 rings (SSSR count). The first-order valence-corrected chi connectivity index (χ1v) is 12.6. The number of hydrogen-bond acceptors (Lipinski definition) is 4. The Morgan fingerprint density at radius 3 is 2.24 bits per heavy atom. The van der Waals surface area contributed by atoms with Crippen LogP contribution in [0.4, 0.5) is 5.69 Å². The molecule has 0 bridgehead atoms. The lowest BCUT2D eigenvalue weighted by molar-refractivity contribution is 0.0935. The fourth-order valence-electron chi connectivity index (χ4n) is 3.71. The zero-order valence-corrected chi connectivity index (χ0v) is 20.2. The average Bonchev–Trinajstić information content (AvgIpc) is 2.81. The van der Waals surface area contributed by atoms with E-state index in [9.17, 15) is 13.2 Å². The third-order valence-corrected chi connectivity index (χ3v) is 6.66. The minimum atomic E-state index is -3.50. The molecule has 0 heterocycles. The highest BCUT2D eigenvalue weighted by atomic mass is 32.2. The summed E-state index contributed by atoms with van der Waals surface area (Å²) in [4.78, 5) is 12.9. The molecule has 0 saturated heterocycles. The summed E-state index contributed by atoms with van der Waals surface area (Å²) < 4.78 is 31.5. The minimum absolute atomic E-state index is 0.146. The highest BCUT2D eigenvalue weighted by molar-refractivity contribution is 7.92. The molecule has 1 N–H and O–H groups in total. The normalized spacial score (nSPS) is 12.1. The van der Waals surface area contributed by atoms with Crippen LogP contribution in [0.2, 0.25) is 0 Å². The highest BCUT2D eigenvalue weighted by Gasteiger charge is 2.19. The van der Waals surface area contributed by atoms with Crippen LogP contribution in [0.25, 0.3) is 0 Å². The Morgan fingerprint density at radius 2 is 1.70 bits per heavy atom. The molecule has 0 fully saturated rings. The quantitative estimate of drug-likeness (QED) is 0.489. The van der Waals surface area contributed by atoms with Crippen LogP contribution in [0.1, 0.15) is 46.4 Å². The molecule has 0 aliphatic rings. The van der Waals surface area contributed by atoms with Gasteiger partial charge in [-0.25, -0.2) is 8.42 Å². The molecule has 3 aromatic rings. The van der Waals surface area contributed by atoms with Crippen molar-refractivity contribution in [2.24, 2.45) is 0 Å². The maximum absolute atomic E-state index is 12.9. The second kappa shape index (κ2) is 10.5. The van der Waals surface area contributed by atoms with Gasteiger partial charge in [-0.15, -0.1) is 0 Å². The van der Waals surface area contributed by atoms with Gasteiger partial charge in [-0.05, 0) is 60.4 Å². The van der Waals surface area contributed by atoms with E-state index in [0.29, 0.717) is 11.3 Å². The number of carbonyl (C=O) groups is 1. The van der Waals surface area contributed by atoms with E-state index in [2.05, 4.69) is 5.32 Å². The van der Waals surface area contributed by atoms with Crippen LogP contribution < -0.4 is 14.4 Å². The lowest BCUT2D eigenvalue weighted by Gasteiger charge is -2.23. The van der Waals surface area contributed by atoms with Crippen molar-refractivity contribution in [2.75, 3.05) is 17.7 Å². The number of sulfonamides is 1. The number of benzene rings is 3. The van der Waals surface area contributed by atoms with Crippen LogP contribution in [0.3, 0.4) is 0 Å². The van der Waals surface area contributed by atoms with Crippen LogP contribution in [-0.4, -0.2) is 27.7 Å². The lowest BCUT2D eigenvalue weighted by atomic mass is 10.0. The van der Waals surface area contributed by atoms with Crippen LogP contribution in [0.5, 0.6) is 5.75 Å². The highest BCUT2D eigenvalue weighted by Crippen LogP contribution is 2.25. The summed E-state index contributed by atoms with van der Waals surface area (Å²) in [7, 11) is -1.86. The van der Waals surface area contributed by atoms with Gasteiger partial charge in [0.25, 0.3) is 5.91 Å². The van der Waals surface area contributed by atoms with Crippen LogP contribution in [0, 0.1) is 6.92 Å². The first-order valence-electron chi connectivity index (χ1n) is 10.8. The summed E-state index contributed by atoms with van der Waals surface area (Å²) in [5, 5.41) is 3.07. The number of aryl methyl sites for hydroxylation is 1. The SMILES string of the molecule is CC[C@H](NC(=O)c1ccc(N(Cc2ccccc2)S(C)(=O)=O)cc1)c1ccc(OC)c(C)c1. The molecule has 6 nitrogen and oxygen atoms in total. The molecule has 0 radical (unpaired) electrons. The summed E-state index contributed by atoms with van der Waals surface area (Å²) in [6, 6.07) is 21.8. The number of hydrogen-bond donors (Lipinski definition) is 1.